The summed E-state index contributed by atoms with van der Waals surface area (Å²) in [6, 6.07) is 22.2. The monoisotopic (exact) mass is 277 g/mol. The molecule has 2 unspecified atom stereocenters. The second-order valence-electron chi connectivity index (χ2n) is 5.45. The molecule has 0 aliphatic carbocycles. The van der Waals surface area contributed by atoms with E-state index < -0.39 is 6.10 Å². The highest BCUT2D eigenvalue weighted by Crippen LogP contribution is 2.31. The van der Waals surface area contributed by atoms with Crippen molar-refractivity contribution >= 4 is 10.8 Å². The lowest BCUT2D eigenvalue weighted by atomic mass is 9.92. The molecule has 0 aromatic heterocycles. The predicted molar refractivity (Wildman–Crippen MR) is 88.0 cm³/mol. The summed E-state index contributed by atoms with van der Waals surface area (Å²) in [5.74, 6) is 0. The van der Waals surface area contributed by atoms with Crippen LogP contribution >= 0.6 is 0 Å². The van der Waals surface area contributed by atoms with Gasteiger partial charge in [0.05, 0.1) is 6.10 Å². The molecule has 0 bridgehead atoms. The van der Waals surface area contributed by atoms with Crippen LogP contribution in [0.3, 0.4) is 0 Å². The summed E-state index contributed by atoms with van der Waals surface area (Å²) in [6.45, 7) is 1.82. The highest BCUT2D eigenvalue weighted by atomic mass is 16.3. The zero-order valence-electron chi connectivity index (χ0n) is 12.0. The lowest BCUT2D eigenvalue weighted by Gasteiger charge is -2.19. The summed E-state index contributed by atoms with van der Waals surface area (Å²) in [5.41, 5.74) is 8.87. The van der Waals surface area contributed by atoms with Gasteiger partial charge in [0.2, 0.25) is 0 Å². The molecule has 0 saturated heterocycles. The van der Waals surface area contributed by atoms with Crippen LogP contribution in [0.15, 0.2) is 66.7 Å². The summed E-state index contributed by atoms with van der Waals surface area (Å²) in [6.07, 6.45) is -0.660. The van der Waals surface area contributed by atoms with Crippen LogP contribution in [0.2, 0.25) is 0 Å². The van der Waals surface area contributed by atoms with E-state index in [9.17, 15) is 5.11 Å². The number of hydrogen-bond acceptors (Lipinski definition) is 2. The quantitative estimate of drug-likeness (QED) is 0.763. The number of aliphatic hydroxyl groups is 1. The van der Waals surface area contributed by atoms with Gasteiger partial charge in [-0.05, 0) is 40.5 Å². The minimum absolute atomic E-state index is 0.299. The highest BCUT2D eigenvalue weighted by molar-refractivity contribution is 5.87. The number of hydrogen-bond donors (Lipinski definition) is 2. The van der Waals surface area contributed by atoms with E-state index in [1.807, 2.05) is 43.3 Å². The van der Waals surface area contributed by atoms with Crippen molar-refractivity contribution in [3.8, 4) is 11.1 Å². The van der Waals surface area contributed by atoms with E-state index in [1.54, 1.807) is 0 Å². The average Bonchev–Trinajstić information content (AvgIpc) is 2.53. The fraction of sp³-hybridized carbons (Fsp3) is 0.158. The van der Waals surface area contributed by atoms with Gasteiger partial charge in [-0.25, -0.2) is 0 Å². The second kappa shape index (κ2) is 5.68. The first-order chi connectivity index (χ1) is 10.2. The number of benzene rings is 3. The molecule has 3 aromatic rings. The van der Waals surface area contributed by atoms with Crippen molar-refractivity contribution in [3.05, 3.63) is 72.3 Å². The minimum atomic E-state index is -0.660. The first kappa shape index (κ1) is 13.8. The third kappa shape index (κ3) is 2.68. The molecule has 0 fully saturated rings. The molecule has 3 rings (SSSR count). The Morgan fingerprint density at radius 1 is 0.857 bits per heavy atom. The van der Waals surface area contributed by atoms with Gasteiger partial charge in [0.15, 0.2) is 0 Å². The molecule has 106 valence electrons. The molecule has 0 radical (unpaired) electrons. The van der Waals surface area contributed by atoms with Gasteiger partial charge in [0.25, 0.3) is 0 Å². The van der Waals surface area contributed by atoms with Gasteiger partial charge in [-0.1, -0.05) is 60.7 Å². The van der Waals surface area contributed by atoms with Crippen LogP contribution in [-0.2, 0) is 0 Å². The fourth-order valence-corrected chi connectivity index (χ4v) is 2.66. The van der Waals surface area contributed by atoms with Crippen molar-refractivity contribution in [1.82, 2.24) is 0 Å². The largest absolute Gasteiger partial charge is 0.387 e. The van der Waals surface area contributed by atoms with Crippen LogP contribution in [0.1, 0.15) is 18.6 Å². The van der Waals surface area contributed by atoms with E-state index in [2.05, 4.69) is 30.3 Å². The van der Waals surface area contributed by atoms with E-state index in [0.717, 1.165) is 16.7 Å². The molecular formula is C19H19NO. The van der Waals surface area contributed by atoms with Gasteiger partial charge in [0, 0.05) is 6.04 Å². The zero-order chi connectivity index (χ0) is 14.8. The van der Waals surface area contributed by atoms with E-state index in [4.69, 9.17) is 5.73 Å². The Kier molecular flexibility index (Phi) is 3.74. The molecule has 2 heteroatoms. The normalized spacial score (nSPS) is 14.0. The van der Waals surface area contributed by atoms with Crippen LogP contribution in [0.5, 0.6) is 0 Å². The Balaban J connectivity index is 2.14. The smallest absolute Gasteiger partial charge is 0.0944 e. The van der Waals surface area contributed by atoms with Gasteiger partial charge < -0.3 is 10.8 Å². The highest BCUT2D eigenvalue weighted by Gasteiger charge is 2.16. The first-order valence-corrected chi connectivity index (χ1v) is 7.18. The fourth-order valence-electron chi connectivity index (χ4n) is 2.66. The third-order valence-corrected chi connectivity index (χ3v) is 3.84. The van der Waals surface area contributed by atoms with Gasteiger partial charge in [-0.15, -0.1) is 0 Å². The molecule has 0 saturated carbocycles. The molecule has 2 atom stereocenters. The van der Waals surface area contributed by atoms with Gasteiger partial charge in [0.1, 0.15) is 0 Å². The summed E-state index contributed by atoms with van der Waals surface area (Å²) in [5, 5.41) is 12.7. The molecule has 0 aliphatic rings. The second-order valence-corrected chi connectivity index (χ2v) is 5.45. The third-order valence-electron chi connectivity index (χ3n) is 3.84. The molecule has 3 N–H and O–H groups in total. The summed E-state index contributed by atoms with van der Waals surface area (Å²) in [7, 11) is 0. The van der Waals surface area contributed by atoms with Crippen molar-refractivity contribution in [2.24, 2.45) is 5.73 Å². The number of nitrogens with two attached hydrogens (primary N) is 1. The van der Waals surface area contributed by atoms with Crippen molar-refractivity contribution < 1.29 is 5.11 Å². The molecule has 3 aromatic carbocycles. The van der Waals surface area contributed by atoms with Crippen molar-refractivity contribution in [2.75, 3.05) is 0 Å². The Morgan fingerprint density at radius 2 is 1.52 bits per heavy atom. The van der Waals surface area contributed by atoms with Crippen LogP contribution in [0.4, 0.5) is 0 Å². The zero-order valence-corrected chi connectivity index (χ0v) is 12.0. The Morgan fingerprint density at radius 3 is 2.29 bits per heavy atom. The van der Waals surface area contributed by atoms with Crippen LogP contribution < -0.4 is 5.73 Å². The number of fused-ring (bicyclic) bond motifs is 1. The van der Waals surface area contributed by atoms with E-state index in [0.29, 0.717) is 0 Å². The molecule has 0 heterocycles. The number of aliphatic hydroxyl groups excluding tert-OH is 1. The Labute approximate surface area is 124 Å². The first-order valence-electron chi connectivity index (χ1n) is 7.18. The Hall–Kier alpha value is -2.16. The lowest BCUT2D eigenvalue weighted by molar-refractivity contribution is 0.154. The summed E-state index contributed by atoms with van der Waals surface area (Å²) in [4.78, 5) is 0. The lowest BCUT2D eigenvalue weighted by Crippen LogP contribution is -2.24. The van der Waals surface area contributed by atoms with Crippen LogP contribution in [0.25, 0.3) is 21.9 Å². The van der Waals surface area contributed by atoms with Crippen molar-refractivity contribution in [1.29, 1.82) is 0 Å². The molecule has 0 amide bonds. The van der Waals surface area contributed by atoms with Crippen LogP contribution in [0, 0.1) is 0 Å². The summed E-state index contributed by atoms with van der Waals surface area (Å²) < 4.78 is 0. The number of rotatable bonds is 3. The maximum Gasteiger partial charge on any atom is 0.0944 e. The van der Waals surface area contributed by atoms with Crippen molar-refractivity contribution in [2.45, 2.75) is 19.1 Å². The van der Waals surface area contributed by atoms with Gasteiger partial charge >= 0.3 is 0 Å². The Bertz CT molecular complexity index is 764. The van der Waals surface area contributed by atoms with Gasteiger partial charge in [-0.3, -0.25) is 0 Å². The molecule has 0 aliphatic heterocycles. The van der Waals surface area contributed by atoms with E-state index >= 15 is 0 Å². The topological polar surface area (TPSA) is 46.2 Å². The summed E-state index contributed by atoms with van der Waals surface area (Å²) >= 11 is 0. The van der Waals surface area contributed by atoms with Crippen molar-refractivity contribution in [3.63, 3.8) is 0 Å². The van der Waals surface area contributed by atoms with Crippen LogP contribution in [-0.4, -0.2) is 11.1 Å². The molecule has 0 spiro atoms. The maximum absolute atomic E-state index is 10.3. The molecule has 2 nitrogen and oxygen atoms in total. The standard InChI is InChI=1S/C19H19NO/c1-13(20)19(21)18-9-5-4-8-17(18)16-11-10-14-6-2-3-7-15(14)12-16/h2-13,19,21H,20H2,1H3. The maximum atomic E-state index is 10.3. The minimum Gasteiger partial charge on any atom is -0.387 e. The average molecular weight is 277 g/mol. The molecular weight excluding hydrogens is 258 g/mol. The SMILES string of the molecule is CC(N)C(O)c1ccccc1-c1ccc2ccccc2c1. The van der Waals surface area contributed by atoms with Gasteiger partial charge in [-0.2, -0.15) is 0 Å². The predicted octanol–water partition coefficient (Wildman–Crippen LogP) is 3.89. The molecule has 21 heavy (non-hydrogen) atoms. The van der Waals surface area contributed by atoms with E-state index in [-0.39, 0.29) is 6.04 Å². The van der Waals surface area contributed by atoms with E-state index in [1.165, 1.54) is 10.8 Å².